The molecule has 0 heterocycles. The van der Waals surface area contributed by atoms with E-state index in [9.17, 15) is 5.11 Å². The zero-order chi connectivity index (χ0) is 14.3. The highest BCUT2D eigenvalue weighted by molar-refractivity contribution is 5.38. The summed E-state index contributed by atoms with van der Waals surface area (Å²) >= 11 is 0. The molecule has 0 aliphatic heterocycles. The second-order valence-corrected chi connectivity index (χ2v) is 4.85. The lowest BCUT2D eigenvalue weighted by Gasteiger charge is -2.33. The molecule has 0 amide bonds. The molecule has 1 N–H and O–H groups in total. The molecular weight excluding hydrogens is 244 g/mol. The third-order valence-electron chi connectivity index (χ3n) is 3.22. The van der Waals surface area contributed by atoms with Crippen LogP contribution in [-0.2, 0) is 15.1 Å². The van der Waals surface area contributed by atoms with E-state index in [0.717, 1.165) is 5.56 Å². The van der Waals surface area contributed by atoms with Crippen LogP contribution < -0.4 is 4.74 Å². The molecule has 1 aromatic carbocycles. The molecule has 108 valence electrons. The summed E-state index contributed by atoms with van der Waals surface area (Å²) in [7, 11) is 3.21. The zero-order valence-electron chi connectivity index (χ0n) is 12.2. The van der Waals surface area contributed by atoms with E-state index in [1.807, 2.05) is 38.1 Å². The Bertz CT molecular complexity index is 378. The minimum absolute atomic E-state index is 0.0135. The molecule has 0 saturated heterocycles. The van der Waals surface area contributed by atoms with Gasteiger partial charge in [-0.3, -0.25) is 0 Å². The van der Waals surface area contributed by atoms with E-state index in [4.69, 9.17) is 14.2 Å². The predicted octanol–water partition coefficient (Wildman–Crippen LogP) is 2.20. The summed E-state index contributed by atoms with van der Waals surface area (Å²) in [5.41, 5.74) is -0.304. The first kappa shape index (κ1) is 16.0. The van der Waals surface area contributed by atoms with Crippen LogP contribution in [0.15, 0.2) is 24.3 Å². The SMILES string of the molecule is COCCOc1ccccc1C(O)(COC)C(C)C. The maximum Gasteiger partial charge on any atom is 0.125 e. The van der Waals surface area contributed by atoms with Crippen molar-refractivity contribution in [2.75, 3.05) is 34.0 Å². The van der Waals surface area contributed by atoms with Crippen molar-refractivity contribution in [2.45, 2.75) is 19.4 Å². The Kier molecular flexibility index (Phi) is 6.28. The smallest absolute Gasteiger partial charge is 0.125 e. The van der Waals surface area contributed by atoms with Crippen LogP contribution in [0.3, 0.4) is 0 Å². The fourth-order valence-corrected chi connectivity index (χ4v) is 1.96. The van der Waals surface area contributed by atoms with E-state index < -0.39 is 5.60 Å². The summed E-state index contributed by atoms with van der Waals surface area (Å²) in [5, 5.41) is 10.9. The van der Waals surface area contributed by atoms with Crippen molar-refractivity contribution in [1.82, 2.24) is 0 Å². The van der Waals surface area contributed by atoms with E-state index in [1.165, 1.54) is 0 Å². The van der Waals surface area contributed by atoms with Gasteiger partial charge in [-0.1, -0.05) is 32.0 Å². The molecule has 0 bridgehead atoms. The molecule has 1 unspecified atom stereocenters. The number of para-hydroxylation sites is 1. The largest absolute Gasteiger partial charge is 0.491 e. The van der Waals surface area contributed by atoms with Gasteiger partial charge < -0.3 is 19.3 Å². The van der Waals surface area contributed by atoms with E-state index in [-0.39, 0.29) is 12.5 Å². The highest BCUT2D eigenvalue weighted by Gasteiger charge is 2.35. The average molecular weight is 268 g/mol. The van der Waals surface area contributed by atoms with Crippen LogP contribution >= 0.6 is 0 Å². The van der Waals surface area contributed by atoms with E-state index in [1.54, 1.807) is 14.2 Å². The van der Waals surface area contributed by atoms with Crippen LogP contribution in [0.25, 0.3) is 0 Å². The standard InChI is InChI=1S/C15H24O4/c1-12(2)15(16,11-18-4)13-7-5-6-8-14(13)19-10-9-17-3/h5-8,12,16H,9-11H2,1-4H3. The third kappa shape index (κ3) is 3.93. The van der Waals surface area contributed by atoms with Crippen molar-refractivity contribution in [1.29, 1.82) is 0 Å². The first-order chi connectivity index (χ1) is 9.06. The number of hydrogen-bond acceptors (Lipinski definition) is 4. The van der Waals surface area contributed by atoms with Crippen molar-refractivity contribution in [3.8, 4) is 5.75 Å². The summed E-state index contributed by atoms with van der Waals surface area (Å²) in [6, 6.07) is 7.51. The molecule has 1 atom stereocenters. The second-order valence-electron chi connectivity index (χ2n) is 4.85. The van der Waals surface area contributed by atoms with Gasteiger partial charge in [0.15, 0.2) is 0 Å². The second kappa shape index (κ2) is 7.48. The highest BCUT2D eigenvalue weighted by atomic mass is 16.5. The van der Waals surface area contributed by atoms with Gasteiger partial charge in [0, 0.05) is 19.8 Å². The Hall–Kier alpha value is -1.10. The first-order valence-electron chi connectivity index (χ1n) is 6.48. The molecule has 0 aliphatic carbocycles. The van der Waals surface area contributed by atoms with Gasteiger partial charge in [0.2, 0.25) is 0 Å². The van der Waals surface area contributed by atoms with Gasteiger partial charge in [0.25, 0.3) is 0 Å². The minimum Gasteiger partial charge on any atom is -0.491 e. The maximum absolute atomic E-state index is 10.9. The molecule has 0 spiro atoms. The molecule has 4 nitrogen and oxygen atoms in total. The molecule has 0 radical (unpaired) electrons. The molecule has 0 aliphatic rings. The Morgan fingerprint density at radius 3 is 2.37 bits per heavy atom. The van der Waals surface area contributed by atoms with Gasteiger partial charge in [-0.25, -0.2) is 0 Å². The van der Waals surface area contributed by atoms with Gasteiger partial charge in [-0.15, -0.1) is 0 Å². The molecule has 1 aromatic rings. The topological polar surface area (TPSA) is 47.9 Å². The van der Waals surface area contributed by atoms with Gasteiger partial charge in [0.05, 0.1) is 13.2 Å². The van der Waals surface area contributed by atoms with Gasteiger partial charge in [-0.2, -0.15) is 0 Å². The lowest BCUT2D eigenvalue weighted by Crippen LogP contribution is -2.37. The van der Waals surface area contributed by atoms with Gasteiger partial charge in [-0.05, 0) is 12.0 Å². The highest BCUT2D eigenvalue weighted by Crippen LogP contribution is 2.36. The number of hydrogen-bond donors (Lipinski definition) is 1. The molecule has 1 rings (SSSR count). The van der Waals surface area contributed by atoms with Crippen LogP contribution in [0.2, 0.25) is 0 Å². The Labute approximate surface area is 115 Å². The summed E-state index contributed by atoms with van der Waals surface area (Å²) in [6.07, 6.45) is 0. The van der Waals surface area contributed by atoms with Crippen molar-refractivity contribution in [3.63, 3.8) is 0 Å². The lowest BCUT2D eigenvalue weighted by molar-refractivity contribution is -0.0716. The molecule has 0 aromatic heterocycles. The summed E-state index contributed by atoms with van der Waals surface area (Å²) in [5.74, 6) is 0.687. The number of methoxy groups -OCH3 is 2. The van der Waals surface area contributed by atoms with Crippen molar-refractivity contribution in [2.24, 2.45) is 5.92 Å². The Morgan fingerprint density at radius 2 is 1.79 bits per heavy atom. The van der Waals surface area contributed by atoms with Crippen LogP contribution in [0, 0.1) is 5.92 Å². The third-order valence-corrected chi connectivity index (χ3v) is 3.22. The molecule has 0 fully saturated rings. The normalized spacial score (nSPS) is 14.4. The van der Waals surface area contributed by atoms with Crippen molar-refractivity contribution < 1.29 is 19.3 Å². The van der Waals surface area contributed by atoms with E-state index in [2.05, 4.69) is 0 Å². The number of aliphatic hydroxyl groups is 1. The summed E-state index contributed by atoms with van der Waals surface area (Å²) < 4.78 is 15.8. The molecule has 19 heavy (non-hydrogen) atoms. The molecule has 0 saturated carbocycles. The Morgan fingerprint density at radius 1 is 1.11 bits per heavy atom. The summed E-state index contributed by atoms with van der Waals surface area (Å²) in [6.45, 7) is 5.12. The van der Waals surface area contributed by atoms with Crippen molar-refractivity contribution >= 4 is 0 Å². The zero-order valence-corrected chi connectivity index (χ0v) is 12.2. The fourth-order valence-electron chi connectivity index (χ4n) is 1.96. The number of benzene rings is 1. The monoisotopic (exact) mass is 268 g/mol. The quantitative estimate of drug-likeness (QED) is 0.734. The summed E-state index contributed by atoms with van der Waals surface area (Å²) in [4.78, 5) is 0. The molecule has 4 heteroatoms. The Balaban J connectivity index is 3.02. The van der Waals surface area contributed by atoms with E-state index in [0.29, 0.717) is 19.0 Å². The average Bonchev–Trinajstić information content (AvgIpc) is 2.39. The maximum atomic E-state index is 10.9. The predicted molar refractivity (Wildman–Crippen MR) is 74.4 cm³/mol. The van der Waals surface area contributed by atoms with Gasteiger partial charge >= 0.3 is 0 Å². The minimum atomic E-state index is -1.06. The fraction of sp³-hybridized carbons (Fsp3) is 0.600. The number of ether oxygens (including phenoxy) is 3. The number of rotatable bonds is 8. The lowest BCUT2D eigenvalue weighted by atomic mass is 9.83. The van der Waals surface area contributed by atoms with Crippen LogP contribution in [-0.4, -0.2) is 39.1 Å². The van der Waals surface area contributed by atoms with Crippen LogP contribution in [0.4, 0.5) is 0 Å². The van der Waals surface area contributed by atoms with Crippen molar-refractivity contribution in [3.05, 3.63) is 29.8 Å². The molecular formula is C15H24O4. The van der Waals surface area contributed by atoms with E-state index >= 15 is 0 Å². The van der Waals surface area contributed by atoms with Crippen LogP contribution in [0.5, 0.6) is 5.75 Å². The van der Waals surface area contributed by atoms with Gasteiger partial charge in [0.1, 0.15) is 18.0 Å². The van der Waals surface area contributed by atoms with Crippen LogP contribution in [0.1, 0.15) is 19.4 Å². The first-order valence-corrected chi connectivity index (χ1v) is 6.48.